The zero-order valence-corrected chi connectivity index (χ0v) is 14.2. The number of hydrogen-bond donors (Lipinski definition) is 1. The van der Waals surface area contributed by atoms with Gasteiger partial charge in [-0.1, -0.05) is 58.6 Å². The van der Waals surface area contributed by atoms with Crippen molar-refractivity contribution in [3.05, 3.63) is 53.4 Å². The number of hydrogen-bond acceptors (Lipinski definition) is 8. The molecule has 9 heteroatoms. The molecule has 0 radical (unpaired) electrons. The lowest BCUT2D eigenvalue weighted by molar-refractivity contribution is 0.101. The van der Waals surface area contributed by atoms with Gasteiger partial charge in [0.2, 0.25) is 5.13 Å². The molecule has 7 nitrogen and oxygen atoms in total. The first-order valence-electron chi connectivity index (χ1n) is 6.91. The molecule has 0 bridgehead atoms. The van der Waals surface area contributed by atoms with Crippen molar-refractivity contribution in [3.63, 3.8) is 0 Å². The summed E-state index contributed by atoms with van der Waals surface area (Å²) in [6, 6.07) is 10.6. The van der Waals surface area contributed by atoms with E-state index in [1.165, 1.54) is 29.2 Å². The first-order valence-corrected chi connectivity index (χ1v) is 8.71. The number of Topliss-reactive ketones (excluding diaryl/α,β-unsaturated/α-hetero) is 1. The summed E-state index contributed by atoms with van der Waals surface area (Å²) in [6.07, 6.45) is 0. The highest BCUT2D eigenvalue weighted by atomic mass is 32.2. The van der Waals surface area contributed by atoms with Crippen molar-refractivity contribution < 1.29 is 14.1 Å². The second-order valence-electron chi connectivity index (χ2n) is 4.73. The third-order valence-electron chi connectivity index (χ3n) is 2.91. The maximum Gasteiger partial charge on any atom is 0.279 e. The summed E-state index contributed by atoms with van der Waals surface area (Å²) < 4.78 is 5.45. The molecule has 0 aliphatic carbocycles. The van der Waals surface area contributed by atoms with Crippen LogP contribution in [-0.4, -0.2) is 32.8 Å². The number of thioether (sulfide) groups is 1. The Labute approximate surface area is 145 Å². The molecule has 3 rings (SSSR count). The van der Waals surface area contributed by atoms with Gasteiger partial charge < -0.3 is 4.52 Å². The van der Waals surface area contributed by atoms with E-state index in [1.54, 1.807) is 19.1 Å². The van der Waals surface area contributed by atoms with E-state index >= 15 is 0 Å². The number of rotatable bonds is 6. The fourth-order valence-electron chi connectivity index (χ4n) is 1.79. The average Bonchev–Trinajstić information content (AvgIpc) is 3.22. The minimum Gasteiger partial charge on any atom is -0.361 e. The summed E-state index contributed by atoms with van der Waals surface area (Å²) in [5, 5.41) is 14.4. The Bertz CT molecular complexity index is 860. The van der Waals surface area contributed by atoms with E-state index < -0.39 is 5.91 Å². The van der Waals surface area contributed by atoms with Crippen molar-refractivity contribution >= 4 is 39.9 Å². The number of nitrogens with one attached hydrogen (secondary N) is 1. The average molecular weight is 360 g/mol. The molecule has 0 aliphatic rings. The summed E-state index contributed by atoms with van der Waals surface area (Å²) in [7, 11) is 0. The van der Waals surface area contributed by atoms with Crippen LogP contribution in [0.2, 0.25) is 0 Å². The topological polar surface area (TPSA) is 98.0 Å². The van der Waals surface area contributed by atoms with E-state index in [1.807, 2.05) is 18.2 Å². The van der Waals surface area contributed by atoms with Gasteiger partial charge in [-0.2, -0.15) is 0 Å². The van der Waals surface area contributed by atoms with Gasteiger partial charge in [-0.15, -0.1) is 10.2 Å². The van der Waals surface area contributed by atoms with Crippen LogP contribution < -0.4 is 5.32 Å². The second-order valence-corrected chi connectivity index (χ2v) is 6.93. The van der Waals surface area contributed by atoms with E-state index in [4.69, 9.17) is 4.52 Å². The normalized spacial score (nSPS) is 10.5. The lowest BCUT2D eigenvalue weighted by Gasteiger charge is -1.98. The SMILES string of the molecule is Cc1cc(C(=O)Nc2nnc(SCC(=O)c3ccccc3)s2)no1. The zero-order chi connectivity index (χ0) is 16.9. The summed E-state index contributed by atoms with van der Waals surface area (Å²) in [4.78, 5) is 24.0. The van der Waals surface area contributed by atoms with Crippen LogP contribution in [0.4, 0.5) is 5.13 Å². The van der Waals surface area contributed by atoms with Crippen molar-refractivity contribution in [3.8, 4) is 0 Å². The van der Waals surface area contributed by atoms with Crippen molar-refractivity contribution in [2.45, 2.75) is 11.3 Å². The highest BCUT2D eigenvalue weighted by Crippen LogP contribution is 2.26. The van der Waals surface area contributed by atoms with Gasteiger partial charge in [-0.3, -0.25) is 14.9 Å². The van der Waals surface area contributed by atoms with Crippen LogP contribution in [0.15, 0.2) is 45.3 Å². The van der Waals surface area contributed by atoms with E-state index in [9.17, 15) is 9.59 Å². The Hall–Kier alpha value is -2.52. The summed E-state index contributed by atoms with van der Waals surface area (Å²) in [6.45, 7) is 1.70. The van der Waals surface area contributed by atoms with E-state index in [0.29, 0.717) is 20.8 Å². The van der Waals surface area contributed by atoms with Crippen LogP contribution in [-0.2, 0) is 0 Å². The fourth-order valence-corrected chi connectivity index (χ4v) is 3.43. The van der Waals surface area contributed by atoms with E-state index in [2.05, 4.69) is 20.7 Å². The Morgan fingerprint density at radius 2 is 2.04 bits per heavy atom. The number of carbonyl (C=O) groups is 2. The number of benzene rings is 1. The molecule has 24 heavy (non-hydrogen) atoms. The van der Waals surface area contributed by atoms with Gasteiger partial charge in [0.15, 0.2) is 15.8 Å². The molecule has 0 atom stereocenters. The van der Waals surface area contributed by atoms with Gasteiger partial charge in [0.05, 0.1) is 5.75 Å². The fraction of sp³-hybridized carbons (Fsp3) is 0.133. The predicted octanol–water partition coefficient (Wildman–Crippen LogP) is 3.06. The molecule has 0 fully saturated rings. The van der Waals surface area contributed by atoms with Crippen molar-refractivity contribution in [1.82, 2.24) is 15.4 Å². The summed E-state index contributed by atoms with van der Waals surface area (Å²) in [5.74, 6) is 0.405. The van der Waals surface area contributed by atoms with Gasteiger partial charge in [-0.25, -0.2) is 0 Å². The van der Waals surface area contributed by atoms with Crippen LogP contribution in [0, 0.1) is 6.92 Å². The van der Waals surface area contributed by atoms with Gasteiger partial charge in [-0.05, 0) is 6.92 Å². The predicted molar refractivity (Wildman–Crippen MR) is 90.6 cm³/mol. The lowest BCUT2D eigenvalue weighted by atomic mass is 10.2. The maximum absolute atomic E-state index is 12.0. The zero-order valence-electron chi connectivity index (χ0n) is 12.6. The van der Waals surface area contributed by atoms with Gasteiger partial charge in [0, 0.05) is 11.6 Å². The molecule has 122 valence electrons. The highest BCUT2D eigenvalue weighted by molar-refractivity contribution is 8.01. The van der Waals surface area contributed by atoms with Crippen molar-refractivity contribution in [2.24, 2.45) is 0 Å². The molecular formula is C15H12N4O3S2. The van der Waals surface area contributed by atoms with Crippen LogP contribution in [0.1, 0.15) is 26.6 Å². The minimum absolute atomic E-state index is 0.0134. The Morgan fingerprint density at radius 1 is 1.25 bits per heavy atom. The molecule has 0 spiro atoms. The summed E-state index contributed by atoms with van der Waals surface area (Å²) in [5.41, 5.74) is 0.834. The number of carbonyl (C=O) groups excluding carboxylic acids is 2. The van der Waals surface area contributed by atoms with Crippen molar-refractivity contribution in [2.75, 3.05) is 11.1 Å². The van der Waals surface area contributed by atoms with E-state index in [0.717, 1.165) is 0 Å². The van der Waals surface area contributed by atoms with Gasteiger partial charge in [0.25, 0.3) is 5.91 Å². The van der Waals surface area contributed by atoms with Gasteiger partial charge >= 0.3 is 0 Å². The molecule has 1 N–H and O–H groups in total. The smallest absolute Gasteiger partial charge is 0.279 e. The molecule has 2 heterocycles. The second kappa shape index (κ2) is 7.37. The largest absolute Gasteiger partial charge is 0.361 e. The van der Waals surface area contributed by atoms with E-state index in [-0.39, 0.29) is 17.2 Å². The first kappa shape index (κ1) is 16.3. The molecule has 2 aromatic heterocycles. The molecule has 0 saturated carbocycles. The molecule has 0 unspecified atom stereocenters. The maximum atomic E-state index is 12.0. The Morgan fingerprint density at radius 3 is 2.75 bits per heavy atom. The van der Waals surface area contributed by atoms with Gasteiger partial charge in [0.1, 0.15) is 5.76 Å². The molecular weight excluding hydrogens is 348 g/mol. The first-order chi connectivity index (χ1) is 11.6. The number of aromatic nitrogens is 3. The number of anilines is 1. The minimum atomic E-state index is -0.417. The third-order valence-corrected chi connectivity index (χ3v) is 4.88. The molecule has 0 aliphatic heterocycles. The standard InChI is InChI=1S/C15H12N4O3S2/c1-9-7-11(19-22-9)13(21)16-14-17-18-15(24-14)23-8-12(20)10-5-3-2-4-6-10/h2-7H,8H2,1H3,(H,16,17,21). The lowest BCUT2D eigenvalue weighted by Crippen LogP contribution is -2.11. The third kappa shape index (κ3) is 4.06. The van der Waals surface area contributed by atoms with Crippen LogP contribution in [0.5, 0.6) is 0 Å². The Kier molecular flexibility index (Phi) is 5.02. The molecule has 0 saturated heterocycles. The molecule has 1 amide bonds. The Balaban J connectivity index is 1.56. The van der Waals surface area contributed by atoms with Crippen LogP contribution >= 0.6 is 23.1 Å². The van der Waals surface area contributed by atoms with Crippen LogP contribution in [0.3, 0.4) is 0 Å². The number of ketones is 1. The number of amides is 1. The number of aryl methyl sites for hydroxylation is 1. The monoisotopic (exact) mass is 360 g/mol. The van der Waals surface area contributed by atoms with Crippen LogP contribution in [0.25, 0.3) is 0 Å². The van der Waals surface area contributed by atoms with Crippen molar-refractivity contribution in [1.29, 1.82) is 0 Å². The highest BCUT2D eigenvalue weighted by Gasteiger charge is 2.15. The molecule has 3 aromatic rings. The number of nitrogens with zero attached hydrogens (tertiary/aromatic N) is 3. The quantitative estimate of drug-likeness (QED) is 0.410. The summed E-state index contributed by atoms with van der Waals surface area (Å²) >= 11 is 2.48. The molecule has 1 aromatic carbocycles.